The van der Waals surface area contributed by atoms with Crippen LogP contribution >= 0.6 is 0 Å². The van der Waals surface area contributed by atoms with Crippen LogP contribution in [0.4, 0.5) is 11.5 Å². The summed E-state index contributed by atoms with van der Waals surface area (Å²) in [7, 11) is 0. The van der Waals surface area contributed by atoms with Crippen LogP contribution in [-0.2, 0) is 0 Å². The zero-order valence-corrected chi connectivity index (χ0v) is 12.2. The number of hydrogen-bond acceptors (Lipinski definition) is 6. The largest absolute Gasteiger partial charge is 0.473 e. The second-order valence-corrected chi connectivity index (χ2v) is 5.44. The molecule has 6 nitrogen and oxygen atoms in total. The minimum absolute atomic E-state index is 0.0313. The van der Waals surface area contributed by atoms with Crippen LogP contribution in [0, 0.1) is 0 Å². The Morgan fingerprint density at radius 1 is 1.50 bits per heavy atom. The number of aromatic nitrogens is 2. The van der Waals surface area contributed by atoms with Gasteiger partial charge in [-0.2, -0.15) is 4.98 Å². The van der Waals surface area contributed by atoms with Crippen molar-refractivity contribution in [2.45, 2.75) is 51.7 Å². The molecule has 112 valence electrons. The first-order valence-corrected chi connectivity index (χ1v) is 7.28. The molecule has 0 aromatic carbocycles. The summed E-state index contributed by atoms with van der Waals surface area (Å²) >= 11 is 0. The van der Waals surface area contributed by atoms with Crippen LogP contribution < -0.4 is 15.4 Å². The van der Waals surface area contributed by atoms with Crippen LogP contribution in [0.3, 0.4) is 0 Å². The summed E-state index contributed by atoms with van der Waals surface area (Å²) in [6.45, 7) is 5.06. The molecule has 0 saturated carbocycles. The number of nitrogen functional groups attached to an aromatic ring is 1. The van der Waals surface area contributed by atoms with E-state index >= 15 is 0 Å². The van der Waals surface area contributed by atoms with Gasteiger partial charge in [0.1, 0.15) is 12.0 Å². The summed E-state index contributed by atoms with van der Waals surface area (Å²) < 4.78 is 5.62. The molecule has 1 atom stereocenters. The zero-order valence-electron chi connectivity index (χ0n) is 12.2. The van der Waals surface area contributed by atoms with E-state index in [-0.39, 0.29) is 12.7 Å². The van der Waals surface area contributed by atoms with Gasteiger partial charge in [-0.3, -0.25) is 0 Å². The van der Waals surface area contributed by atoms with Crippen molar-refractivity contribution in [3.05, 3.63) is 6.33 Å². The Labute approximate surface area is 120 Å². The number of aliphatic hydroxyl groups excluding tert-OH is 1. The molecular weight excluding hydrogens is 256 g/mol. The lowest BCUT2D eigenvalue weighted by molar-refractivity contribution is 0.234. The standard InChI is InChI=1S/C14H24N4O2/c1-10(2)20-14-12(15)13(16-9-17-14)18-7-3-5-11(18)6-4-8-19/h9-11,19H,3-8,15H2,1-2H3. The summed E-state index contributed by atoms with van der Waals surface area (Å²) in [6, 6.07) is 0.395. The molecule has 0 radical (unpaired) electrons. The summed E-state index contributed by atoms with van der Waals surface area (Å²) in [4.78, 5) is 10.7. The van der Waals surface area contributed by atoms with Gasteiger partial charge in [0.15, 0.2) is 5.82 Å². The second-order valence-electron chi connectivity index (χ2n) is 5.44. The molecule has 0 bridgehead atoms. The lowest BCUT2D eigenvalue weighted by Gasteiger charge is -2.27. The highest BCUT2D eigenvalue weighted by atomic mass is 16.5. The second kappa shape index (κ2) is 6.74. The van der Waals surface area contributed by atoms with Gasteiger partial charge in [-0.05, 0) is 39.5 Å². The maximum Gasteiger partial charge on any atom is 0.242 e. The van der Waals surface area contributed by atoms with Crippen molar-refractivity contribution in [2.24, 2.45) is 0 Å². The molecule has 20 heavy (non-hydrogen) atoms. The van der Waals surface area contributed by atoms with E-state index in [2.05, 4.69) is 14.9 Å². The lowest BCUT2D eigenvalue weighted by atomic mass is 10.1. The third kappa shape index (κ3) is 3.30. The fourth-order valence-corrected chi connectivity index (χ4v) is 2.66. The molecular formula is C14H24N4O2. The normalized spacial score (nSPS) is 18.8. The van der Waals surface area contributed by atoms with Crippen molar-refractivity contribution in [1.82, 2.24) is 9.97 Å². The molecule has 1 saturated heterocycles. The van der Waals surface area contributed by atoms with Crippen molar-refractivity contribution in [1.29, 1.82) is 0 Å². The van der Waals surface area contributed by atoms with Crippen LogP contribution in [0.2, 0.25) is 0 Å². The maximum atomic E-state index is 8.99. The van der Waals surface area contributed by atoms with Crippen LogP contribution in [0.5, 0.6) is 5.88 Å². The number of anilines is 2. The van der Waals surface area contributed by atoms with Gasteiger partial charge in [0.2, 0.25) is 5.88 Å². The summed E-state index contributed by atoms with van der Waals surface area (Å²) in [6.07, 6.45) is 5.54. The Bertz CT molecular complexity index is 439. The number of nitrogens with two attached hydrogens (primary N) is 1. The number of aliphatic hydroxyl groups is 1. The van der Waals surface area contributed by atoms with Gasteiger partial charge >= 0.3 is 0 Å². The van der Waals surface area contributed by atoms with E-state index in [1.807, 2.05) is 13.8 Å². The number of hydrogen-bond donors (Lipinski definition) is 2. The van der Waals surface area contributed by atoms with Gasteiger partial charge in [0.25, 0.3) is 0 Å². The van der Waals surface area contributed by atoms with Gasteiger partial charge in [0.05, 0.1) is 6.10 Å². The van der Waals surface area contributed by atoms with Crippen molar-refractivity contribution >= 4 is 11.5 Å². The van der Waals surface area contributed by atoms with E-state index in [1.165, 1.54) is 6.33 Å². The van der Waals surface area contributed by atoms with Crippen LogP contribution in [0.15, 0.2) is 6.33 Å². The zero-order chi connectivity index (χ0) is 14.5. The fraction of sp³-hybridized carbons (Fsp3) is 0.714. The number of rotatable bonds is 6. The van der Waals surface area contributed by atoms with E-state index in [9.17, 15) is 0 Å². The monoisotopic (exact) mass is 280 g/mol. The Balaban J connectivity index is 2.18. The van der Waals surface area contributed by atoms with Gasteiger partial charge in [-0.1, -0.05) is 0 Å². The minimum Gasteiger partial charge on any atom is -0.473 e. The molecule has 3 N–H and O–H groups in total. The molecule has 1 unspecified atom stereocenters. The molecule has 2 rings (SSSR count). The van der Waals surface area contributed by atoms with Crippen molar-refractivity contribution in [2.75, 3.05) is 23.8 Å². The average Bonchev–Trinajstić information content (AvgIpc) is 2.86. The lowest BCUT2D eigenvalue weighted by Crippen LogP contribution is -2.31. The Morgan fingerprint density at radius 2 is 2.30 bits per heavy atom. The van der Waals surface area contributed by atoms with Crippen LogP contribution in [0.1, 0.15) is 39.5 Å². The topological polar surface area (TPSA) is 84.5 Å². The van der Waals surface area contributed by atoms with Gasteiger partial charge in [-0.15, -0.1) is 0 Å². The molecule has 1 aliphatic heterocycles. The first-order chi connectivity index (χ1) is 9.63. The quantitative estimate of drug-likeness (QED) is 0.823. The Morgan fingerprint density at radius 3 is 3.00 bits per heavy atom. The van der Waals surface area contributed by atoms with E-state index in [1.54, 1.807) is 0 Å². The van der Waals surface area contributed by atoms with E-state index < -0.39 is 0 Å². The highest BCUT2D eigenvalue weighted by molar-refractivity contribution is 5.68. The highest BCUT2D eigenvalue weighted by Gasteiger charge is 2.28. The third-order valence-corrected chi connectivity index (χ3v) is 3.52. The smallest absolute Gasteiger partial charge is 0.242 e. The van der Waals surface area contributed by atoms with Gasteiger partial charge in [-0.25, -0.2) is 4.98 Å². The van der Waals surface area contributed by atoms with Gasteiger partial charge < -0.3 is 20.5 Å². The first kappa shape index (κ1) is 14.8. The van der Waals surface area contributed by atoms with E-state index in [0.29, 0.717) is 17.6 Å². The summed E-state index contributed by atoms with van der Waals surface area (Å²) in [5, 5.41) is 8.99. The van der Waals surface area contributed by atoms with E-state index in [4.69, 9.17) is 15.6 Å². The van der Waals surface area contributed by atoms with Gasteiger partial charge in [0, 0.05) is 19.2 Å². The third-order valence-electron chi connectivity index (χ3n) is 3.52. The number of ether oxygens (including phenoxy) is 1. The summed E-state index contributed by atoms with van der Waals surface area (Å²) in [5.41, 5.74) is 6.67. The Hall–Kier alpha value is -1.56. The first-order valence-electron chi connectivity index (χ1n) is 7.28. The SMILES string of the molecule is CC(C)Oc1ncnc(N2CCCC2CCCO)c1N. The predicted octanol–water partition coefficient (Wildman–Crippen LogP) is 1.59. The Kier molecular flexibility index (Phi) is 5.00. The maximum absolute atomic E-state index is 8.99. The molecule has 1 aromatic rings. The molecule has 0 spiro atoms. The molecule has 0 amide bonds. The van der Waals surface area contributed by atoms with Crippen LogP contribution in [-0.4, -0.2) is 40.4 Å². The number of nitrogens with zero attached hydrogens (tertiary/aromatic N) is 3. The van der Waals surface area contributed by atoms with Crippen molar-refractivity contribution in [3.63, 3.8) is 0 Å². The minimum atomic E-state index is 0.0313. The predicted molar refractivity (Wildman–Crippen MR) is 78.9 cm³/mol. The highest BCUT2D eigenvalue weighted by Crippen LogP contribution is 2.34. The molecule has 1 aliphatic rings. The van der Waals surface area contributed by atoms with Crippen LogP contribution in [0.25, 0.3) is 0 Å². The summed E-state index contributed by atoms with van der Waals surface area (Å²) in [5.74, 6) is 1.22. The molecule has 6 heteroatoms. The molecule has 1 fully saturated rings. The van der Waals surface area contributed by atoms with Crippen molar-refractivity contribution < 1.29 is 9.84 Å². The average molecular weight is 280 g/mol. The fourth-order valence-electron chi connectivity index (χ4n) is 2.66. The van der Waals surface area contributed by atoms with Crippen molar-refractivity contribution in [3.8, 4) is 5.88 Å². The molecule has 2 heterocycles. The molecule has 0 aliphatic carbocycles. The molecule has 1 aromatic heterocycles. The van der Waals surface area contributed by atoms with E-state index in [0.717, 1.165) is 38.0 Å².